The Balaban J connectivity index is 1.20. The molecule has 3 amide bonds. The Morgan fingerprint density at radius 1 is 0.912 bits per heavy atom. The summed E-state index contributed by atoms with van der Waals surface area (Å²) in [6.45, 7) is 6.26. The summed E-state index contributed by atoms with van der Waals surface area (Å²) >= 11 is 0. The highest BCUT2D eigenvalue weighted by Gasteiger charge is 2.21. The monoisotopic (exact) mass is 463 g/mol. The van der Waals surface area contributed by atoms with Crippen LogP contribution in [0, 0.1) is 0 Å². The van der Waals surface area contributed by atoms with Crippen LogP contribution in [0.5, 0.6) is 0 Å². The van der Waals surface area contributed by atoms with Gasteiger partial charge >= 0.3 is 0 Å². The predicted molar refractivity (Wildman–Crippen MR) is 131 cm³/mol. The highest BCUT2D eigenvalue weighted by Crippen LogP contribution is 2.21. The zero-order valence-electron chi connectivity index (χ0n) is 19.8. The molecule has 0 saturated carbocycles. The molecular weight excluding hydrogens is 430 g/mol. The SMILES string of the molecule is CN1CCN(Cc2cccc(CNC(=O)CNC(=O)c3ccc(N4CCCC4=O)cc3)c2)CC1. The number of piperazine rings is 1. The third kappa shape index (κ3) is 6.42. The molecule has 0 aliphatic carbocycles. The maximum Gasteiger partial charge on any atom is 0.251 e. The van der Waals surface area contributed by atoms with Crippen LogP contribution in [-0.4, -0.2) is 73.8 Å². The number of rotatable bonds is 8. The lowest BCUT2D eigenvalue weighted by molar-refractivity contribution is -0.120. The van der Waals surface area contributed by atoms with E-state index in [1.54, 1.807) is 29.2 Å². The Labute approximate surface area is 200 Å². The zero-order valence-corrected chi connectivity index (χ0v) is 19.8. The normalized spacial score (nSPS) is 17.1. The zero-order chi connectivity index (χ0) is 23.9. The van der Waals surface area contributed by atoms with Gasteiger partial charge in [-0.3, -0.25) is 19.3 Å². The Hall–Kier alpha value is -3.23. The molecule has 0 spiro atoms. The van der Waals surface area contributed by atoms with Gasteiger partial charge in [-0.25, -0.2) is 0 Å². The van der Waals surface area contributed by atoms with Gasteiger partial charge in [0.25, 0.3) is 5.91 Å². The number of anilines is 1. The molecule has 2 N–H and O–H groups in total. The molecule has 0 unspecified atom stereocenters. The summed E-state index contributed by atoms with van der Waals surface area (Å²) in [5, 5.41) is 5.54. The predicted octanol–water partition coefficient (Wildman–Crippen LogP) is 1.61. The standard InChI is InChI=1S/C26H33N5O3/c1-29-12-14-30(15-13-29)19-21-5-2-4-20(16-21)17-27-24(32)18-28-26(34)22-7-9-23(10-8-22)31-11-3-6-25(31)33/h2,4-5,7-10,16H,3,6,11-15,17-19H2,1H3,(H,27,32)(H,28,34). The molecule has 0 radical (unpaired) electrons. The average molecular weight is 464 g/mol. The van der Waals surface area contributed by atoms with E-state index in [0.717, 1.165) is 50.4 Å². The number of amides is 3. The molecule has 2 heterocycles. The van der Waals surface area contributed by atoms with E-state index in [4.69, 9.17) is 0 Å². The summed E-state index contributed by atoms with van der Waals surface area (Å²) in [6.07, 6.45) is 1.43. The number of nitrogens with one attached hydrogen (secondary N) is 2. The van der Waals surface area contributed by atoms with E-state index >= 15 is 0 Å². The highest BCUT2D eigenvalue weighted by molar-refractivity contribution is 5.98. The van der Waals surface area contributed by atoms with Crippen molar-refractivity contribution < 1.29 is 14.4 Å². The quantitative estimate of drug-likeness (QED) is 0.621. The molecule has 8 heteroatoms. The first-order chi connectivity index (χ1) is 16.5. The molecule has 2 aromatic carbocycles. The van der Waals surface area contributed by atoms with Crippen LogP contribution < -0.4 is 15.5 Å². The maximum atomic E-state index is 12.4. The lowest BCUT2D eigenvalue weighted by Crippen LogP contribution is -2.43. The molecule has 4 rings (SSSR count). The number of carbonyl (C=O) groups excluding carboxylic acids is 3. The summed E-state index contributed by atoms with van der Waals surface area (Å²) in [5.41, 5.74) is 3.54. The molecule has 8 nitrogen and oxygen atoms in total. The maximum absolute atomic E-state index is 12.4. The summed E-state index contributed by atoms with van der Waals surface area (Å²) < 4.78 is 0. The number of nitrogens with zero attached hydrogens (tertiary/aromatic N) is 3. The second-order valence-corrected chi connectivity index (χ2v) is 9.05. The van der Waals surface area contributed by atoms with Gasteiger partial charge in [-0.1, -0.05) is 24.3 Å². The van der Waals surface area contributed by atoms with E-state index < -0.39 is 0 Å². The average Bonchev–Trinajstić information content (AvgIpc) is 3.29. The second kappa shape index (κ2) is 11.3. The van der Waals surface area contributed by atoms with Gasteiger partial charge in [0.1, 0.15) is 0 Å². The number of likely N-dealkylation sites (N-methyl/N-ethyl adjacent to an activating group) is 1. The number of hydrogen-bond donors (Lipinski definition) is 2. The molecule has 0 atom stereocenters. The van der Waals surface area contributed by atoms with Gasteiger partial charge in [0.15, 0.2) is 0 Å². The fourth-order valence-electron chi connectivity index (χ4n) is 4.34. The first kappa shape index (κ1) is 23.9. The van der Waals surface area contributed by atoms with Gasteiger partial charge in [-0.05, 0) is 48.9 Å². The molecule has 180 valence electrons. The van der Waals surface area contributed by atoms with Crippen LogP contribution >= 0.6 is 0 Å². The van der Waals surface area contributed by atoms with Crippen molar-refractivity contribution in [1.29, 1.82) is 0 Å². The van der Waals surface area contributed by atoms with Crippen LogP contribution in [0.3, 0.4) is 0 Å². The number of benzene rings is 2. The molecule has 2 aromatic rings. The van der Waals surface area contributed by atoms with Gasteiger partial charge < -0.3 is 20.4 Å². The summed E-state index contributed by atoms with van der Waals surface area (Å²) in [7, 11) is 2.15. The molecule has 2 aliphatic rings. The van der Waals surface area contributed by atoms with Crippen molar-refractivity contribution in [1.82, 2.24) is 20.4 Å². The summed E-state index contributed by atoms with van der Waals surface area (Å²) in [4.78, 5) is 43.0. The van der Waals surface area contributed by atoms with Crippen molar-refractivity contribution in [3.8, 4) is 0 Å². The van der Waals surface area contributed by atoms with Crippen LogP contribution in [0.15, 0.2) is 48.5 Å². The Morgan fingerprint density at radius 3 is 2.35 bits per heavy atom. The van der Waals surface area contributed by atoms with Crippen molar-refractivity contribution in [3.05, 3.63) is 65.2 Å². The topological polar surface area (TPSA) is 85.0 Å². The van der Waals surface area contributed by atoms with Crippen LogP contribution in [-0.2, 0) is 22.7 Å². The number of carbonyl (C=O) groups is 3. The van der Waals surface area contributed by atoms with Crippen LogP contribution in [0.2, 0.25) is 0 Å². The molecule has 34 heavy (non-hydrogen) atoms. The summed E-state index contributed by atoms with van der Waals surface area (Å²) in [5.74, 6) is -0.445. The van der Waals surface area contributed by atoms with Gasteiger partial charge in [-0.2, -0.15) is 0 Å². The van der Waals surface area contributed by atoms with E-state index in [1.165, 1.54) is 5.56 Å². The van der Waals surface area contributed by atoms with E-state index in [-0.39, 0.29) is 24.3 Å². The van der Waals surface area contributed by atoms with Crippen molar-refractivity contribution >= 4 is 23.4 Å². The molecule has 2 fully saturated rings. The lowest BCUT2D eigenvalue weighted by atomic mass is 10.1. The van der Waals surface area contributed by atoms with Crippen molar-refractivity contribution in [2.75, 3.05) is 51.2 Å². The minimum absolute atomic E-state index is 0.0911. The Bertz CT molecular complexity index is 1020. The third-order valence-corrected chi connectivity index (χ3v) is 6.41. The summed E-state index contributed by atoms with van der Waals surface area (Å²) in [6, 6.07) is 15.2. The third-order valence-electron chi connectivity index (χ3n) is 6.41. The molecule has 2 aliphatic heterocycles. The van der Waals surface area contributed by atoms with Gasteiger partial charge in [0.05, 0.1) is 6.54 Å². The molecule has 2 saturated heterocycles. The van der Waals surface area contributed by atoms with E-state index in [9.17, 15) is 14.4 Å². The largest absolute Gasteiger partial charge is 0.350 e. The smallest absolute Gasteiger partial charge is 0.251 e. The van der Waals surface area contributed by atoms with Crippen LogP contribution in [0.4, 0.5) is 5.69 Å². The van der Waals surface area contributed by atoms with Gasteiger partial charge in [0, 0.05) is 63.5 Å². The molecule has 0 bridgehead atoms. The molecule has 0 aromatic heterocycles. The van der Waals surface area contributed by atoms with Crippen molar-refractivity contribution in [2.45, 2.75) is 25.9 Å². The van der Waals surface area contributed by atoms with Gasteiger partial charge in [0.2, 0.25) is 11.8 Å². The van der Waals surface area contributed by atoms with Gasteiger partial charge in [-0.15, -0.1) is 0 Å². The van der Waals surface area contributed by atoms with Crippen molar-refractivity contribution in [2.24, 2.45) is 0 Å². The van der Waals surface area contributed by atoms with E-state index in [1.807, 2.05) is 12.1 Å². The highest BCUT2D eigenvalue weighted by atomic mass is 16.2. The minimum atomic E-state index is -0.316. The first-order valence-electron chi connectivity index (χ1n) is 11.9. The van der Waals surface area contributed by atoms with Crippen molar-refractivity contribution in [3.63, 3.8) is 0 Å². The van der Waals surface area contributed by atoms with Crippen LogP contribution in [0.25, 0.3) is 0 Å². The lowest BCUT2D eigenvalue weighted by Gasteiger charge is -2.32. The fraction of sp³-hybridized carbons (Fsp3) is 0.423. The fourth-order valence-corrected chi connectivity index (χ4v) is 4.34. The minimum Gasteiger partial charge on any atom is -0.350 e. The van der Waals surface area contributed by atoms with E-state index in [2.05, 4.69) is 39.6 Å². The Morgan fingerprint density at radius 2 is 1.65 bits per heavy atom. The number of hydrogen-bond acceptors (Lipinski definition) is 5. The second-order valence-electron chi connectivity index (χ2n) is 9.05. The van der Waals surface area contributed by atoms with Crippen LogP contribution in [0.1, 0.15) is 34.3 Å². The Kier molecular flexibility index (Phi) is 7.92. The first-order valence-corrected chi connectivity index (χ1v) is 11.9. The molecular formula is C26H33N5O3. The van der Waals surface area contributed by atoms with E-state index in [0.29, 0.717) is 25.1 Å².